The van der Waals surface area contributed by atoms with Crippen LogP contribution in [0.25, 0.3) is 0 Å². The van der Waals surface area contributed by atoms with Crippen LogP contribution in [-0.4, -0.2) is 70.6 Å². The van der Waals surface area contributed by atoms with Crippen molar-refractivity contribution in [2.75, 3.05) is 31.8 Å². The molecule has 35 heavy (non-hydrogen) atoms. The molecule has 3 aromatic rings. The number of likely N-dealkylation sites (N-methyl/N-ethyl adjacent to an activating group) is 1. The number of carbonyl (C=O) groups is 2. The second-order valence-corrected chi connectivity index (χ2v) is 8.46. The number of amides is 2. The molecule has 0 spiro atoms. The third kappa shape index (κ3) is 4.87. The van der Waals surface area contributed by atoms with Gasteiger partial charge in [-0.3, -0.25) is 14.7 Å². The molecule has 2 aliphatic rings. The first kappa shape index (κ1) is 22.6. The maximum absolute atomic E-state index is 13.1. The van der Waals surface area contributed by atoms with Crippen molar-refractivity contribution in [3.63, 3.8) is 0 Å². The lowest BCUT2D eigenvalue weighted by atomic mass is 10.0. The summed E-state index contributed by atoms with van der Waals surface area (Å²) < 4.78 is 10.8. The average molecular weight is 473 g/mol. The standard InChI is InChI=1S/C25H23N5O5/c1-30-19-11-17(9-10-25(33)14-34-15-25)7-8-20(19)35-13-18(24(30)32)26-23(31)22-27-21(28-29-22)12-16-5-3-2-4-6-16/h2-8,11,18,33H,12-15H2,1H3,(H,26,31)(H,27,28,29)/t18-/m0/s1. The molecule has 5 rings (SSSR count). The number of hydrogen-bond donors (Lipinski definition) is 3. The molecule has 2 aliphatic heterocycles. The van der Waals surface area contributed by atoms with E-state index in [9.17, 15) is 14.7 Å². The van der Waals surface area contributed by atoms with Gasteiger partial charge < -0.3 is 24.8 Å². The van der Waals surface area contributed by atoms with E-state index in [2.05, 4.69) is 32.3 Å². The van der Waals surface area contributed by atoms with E-state index < -0.39 is 17.6 Å². The molecule has 10 heteroatoms. The molecule has 0 saturated carbocycles. The van der Waals surface area contributed by atoms with Gasteiger partial charge in [0.25, 0.3) is 11.8 Å². The number of aromatic nitrogens is 3. The number of benzene rings is 2. The molecule has 0 unspecified atom stereocenters. The van der Waals surface area contributed by atoms with Crippen molar-refractivity contribution in [2.45, 2.75) is 18.1 Å². The van der Waals surface area contributed by atoms with E-state index in [-0.39, 0.29) is 31.6 Å². The van der Waals surface area contributed by atoms with E-state index in [4.69, 9.17) is 9.47 Å². The Morgan fingerprint density at radius 3 is 2.83 bits per heavy atom. The maximum Gasteiger partial charge on any atom is 0.291 e. The van der Waals surface area contributed by atoms with Crippen LogP contribution in [-0.2, 0) is 16.0 Å². The smallest absolute Gasteiger partial charge is 0.291 e. The fraction of sp³-hybridized carbons (Fsp3) is 0.280. The van der Waals surface area contributed by atoms with Crippen LogP contribution >= 0.6 is 0 Å². The van der Waals surface area contributed by atoms with Crippen LogP contribution in [0.1, 0.15) is 27.6 Å². The quantitative estimate of drug-likeness (QED) is 0.475. The van der Waals surface area contributed by atoms with Crippen molar-refractivity contribution in [1.82, 2.24) is 20.5 Å². The van der Waals surface area contributed by atoms with Gasteiger partial charge in [0, 0.05) is 19.0 Å². The summed E-state index contributed by atoms with van der Waals surface area (Å²) in [5, 5.41) is 19.5. The number of nitrogens with one attached hydrogen (secondary N) is 2. The molecular weight excluding hydrogens is 450 g/mol. The summed E-state index contributed by atoms with van der Waals surface area (Å²) in [4.78, 5) is 31.5. The van der Waals surface area contributed by atoms with Crippen LogP contribution < -0.4 is 15.0 Å². The molecule has 178 valence electrons. The summed E-state index contributed by atoms with van der Waals surface area (Å²) in [7, 11) is 1.60. The van der Waals surface area contributed by atoms with Crippen molar-refractivity contribution in [2.24, 2.45) is 0 Å². The largest absolute Gasteiger partial charge is 0.489 e. The van der Waals surface area contributed by atoms with Gasteiger partial charge in [0.2, 0.25) is 5.82 Å². The Morgan fingerprint density at radius 2 is 2.09 bits per heavy atom. The minimum atomic E-state index is -1.14. The molecule has 10 nitrogen and oxygen atoms in total. The number of H-pyrrole nitrogens is 1. The van der Waals surface area contributed by atoms with Gasteiger partial charge >= 0.3 is 0 Å². The first-order valence-electron chi connectivity index (χ1n) is 11.0. The highest BCUT2D eigenvalue weighted by atomic mass is 16.5. The SMILES string of the molecule is CN1C(=O)[C@@H](NC(=O)c2n[nH]c(Cc3ccccc3)n2)COc2ccc(C#CC3(O)COC3)cc21. The Bertz CT molecular complexity index is 1320. The summed E-state index contributed by atoms with van der Waals surface area (Å²) in [5.41, 5.74) is 1.02. The molecule has 1 atom stereocenters. The number of rotatable bonds is 4. The molecule has 1 fully saturated rings. The zero-order valence-electron chi connectivity index (χ0n) is 18.9. The van der Waals surface area contributed by atoms with Gasteiger partial charge in [-0.15, -0.1) is 5.10 Å². The van der Waals surface area contributed by atoms with Crippen LogP contribution in [0.4, 0.5) is 5.69 Å². The van der Waals surface area contributed by atoms with E-state index >= 15 is 0 Å². The number of aliphatic hydroxyl groups is 1. The summed E-state index contributed by atoms with van der Waals surface area (Å²) in [6.07, 6.45) is 0.500. The van der Waals surface area contributed by atoms with Gasteiger partial charge in [-0.25, -0.2) is 4.98 Å². The number of fused-ring (bicyclic) bond motifs is 1. The highest BCUT2D eigenvalue weighted by Crippen LogP contribution is 2.31. The summed E-state index contributed by atoms with van der Waals surface area (Å²) in [6, 6.07) is 13.9. The van der Waals surface area contributed by atoms with E-state index in [1.54, 1.807) is 25.2 Å². The van der Waals surface area contributed by atoms with E-state index in [1.165, 1.54) is 4.90 Å². The molecule has 1 saturated heterocycles. The average Bonchev–Trinajstić information content (AvgIpc) is 3.28. The maximum atomic E-state index is 13.1. The van der Waals surface area contributed by atoms with E-state index in [1.807, 2.05) is 30.3 Å². The Morgan fingerprint density at radius 1 is 1.29 bits per heavy atom. The Labute approximate surface area is 201 Å². The number of anilines is 1. The summed E-state index contributed by atoms with van der Waals surface area (Å²) in [5.74, 6) is 5.75. The molecule has 0 aliphatic carbocycles. The van der Waals surface area contributed by atoms with Crippen LogP contribution in [0.5, 0.6) is 5.75 Å². The van der Waals surface area contributed by atoms with Gasteiger partial charge in [0.1, 0.15) is 24.2 Å². The Balaban J connectivity index is 1.27. The van der Waals surface area contributed by atoms with Crippen molar-refractivity contribution in [3.05, 3.63) is 71.3 Å². The van der Waals surface area contributed by atoms with E-state index in [0.29, 0.717) is 29.2 Å². The topological polar surface area (TPSA) is 130 Å². The lowest BCUT2D eigenvalue weighted by Gasteiger charge is -2.30. The number of hydrogen-bond acceptors (Lipinski definition) is 7. The molecule has 2 aromatic carbocycles. The number of aromatic amines is 1. The summed E-state index contributed by atoms with van der Waals surface area (Å²) >= 11 is 0. The van der Waals surface area contributed by atoms with Gasteiger partial charge in [-0.2, -0.15) is 0 Å². The Kier molecular flexibility index (Phi) is 5.94. The van der Waals surface area contributed by atoms with Crippen LogP contribution in [0.2, 0.25) is 0 Å². The lowest BCUT2D eigenvalue weighted by molar-refractivity contribution is -0.140. The predicted molar refractivity (Wildman–Crippen MR) is 125 cm³/mol. The number of carbonyl (C=O) groups excluding carboxylic acids is 2. The fourth-order valence-corrected chi connectivity index (χ4v) is 3.72. The molecule has 0 bridgehead atoms. The second-order valence-electron chi connectivity index (χ2n) is 8.46. The van der Waals surface area contributed by atoms with Crippen LogP contribution in [0.3, 0.4) is 0 Å². The summed E-state index contributed by atoms with van der Waals surface area (Å²) in [6.45, 7) is 0.296. The predicted octanol–water partition coefficient (Wildman–Crippen LogP) is 0.662. The first-order chi connectivity index (χ1) is 16.9. The van der Waals surface area contributed by atoms with Crippen molar-refractivity contribution in [3.8, 4) is 17.6 Å². The second kappa shape index (κ2) is 9.21. The van der Waals surface area contributed by atoms with Gasteiger partial charge in [0.15, 0.2) is 5.60 Å². The fourth-order valence-electron chi connectivity index (χ4n) is 3.72. The van der Waals surface area contributed by atoms with Crippen LogP contribution in [0.15, 0.2) is 48.5 Å². The van der Waals surface area contributed by atoms with Crippen molar-refractivity contribution < 1.29 is 24.2 Å². The van der Waals surface area contributed by atoms with Crippen molar-refractivity contribution >= 4 is 17.5 Å². The molecule has 3 N–H and O–H groups in total. The lowest BCUT2D eigenvalue weighted by Crippen LogP contribution is -2.49. The third-order valence-corrected chi connectivity index (χ3v) is 5.73. The molecular formula is C25H23N5O5. The van der Waals surface area contributed by atoms with Crippen molar-refractivity contribution in [1.29, 1.82) is 0 Å². The molecule has 0 radical (unpaired) electrons. The Hall–Kier alpha value is -4.20. The highest BCUT2D eigenvalue weighted by Gasteiger charge is 2.34. The monoisotopic (exact) mass is 473 g/mol. The van der Waals surface area contributed by atoms with Crippen LogP contribution in [0, 0.1) is 11.8 Å². The number of nitrogens with zero attached hydrogens (tertiary/aromatic N) is 3. The normalized spacial score (nSPS) is 18.3. The van der Waals surface area contributed by atoms with Gasteiger partial charge in [-0.1, -0.05) is 42.2 Å². The highest BCUT2D eigenvalue weighted by molar-refractivity contribution is 6.02. The molecule has 2 amide bonds. The molecule has 3 heterocycles. The zero-order valence-corrected chi connectivity index (χ0v) is 18.9. The minimum absolute atomic E-state index is 0.0503. The van der Waals surface area contributed by atoms with Gasteiger partial charge in [0.05, 0.1) is 18.9 Å². The third-order valence-electron chi connectivity index (χ3n) is 5.73. The number of ether oxygens (including phenoxy) is 2. The first-order valence-corrected chi connectivity index (χ1v) is 11.0. The van der Waals surface area contributed by atoms with Gasteiger partial charge in [-0.05, 0) is 23.8 Å². The van der Waals surface area contributed by atoms with E-state index in [0.717, 1.165) is 5.56 Å². The minimum Gasteiger partial charge on any atom is -0.489 e. The zero-order chi connectivity index (χ0) is 24.4. The molecule has 1 aromatic heterocycles.